The summed E-state index contributed by atoms with van der Waals surface area (Å²) in [5.41, 5.74) is 6.04. The predicted octanol–water partition coefficient (Wildman–Crippen LogP) is -1.24. The second-order valence-corrected chi connectivity index (χ2v) is 4.82. The molecule has 20 heavy (non-hydrogen) atoms. The van der Waals surface area contributed by atoms with Crippen molar-refractivity contribution in [1.29, 1.82) is 0 Å². The first-order valence-corrected chi connectivity index (χ1v) is 6.24. The van der Waals surface area contributed by atoms with Crippen LogP contribution in [0.1, 0.15) is 10.4 Å². The Labute approximate surface area is 116 Å². The molecule has 5 N–H and O–H groups in total. The molecule has 1 aromatic carbocycles. The Bertz CT molecular complexity index is 493. The zero-order chi connectivity index (χ0) is 14.7. The van der Waals surface area contributed by atoms with Gasteiger partial charge in [0.1, 0.15) is 0 Å². The molecular formula is C13H17N3O4. The van der Waals surface area contributed by atoms with Gasteiger partial charge in [-0.3, -0.25) is 14.5 Å². The summed E-state index contributed by atoms with van der Waals surface area (Å²) in [6, 6.07) is 6.24. The molecule has 1 aliphatic rings. The molecular weight excluding hydrogens is 262 g/mol. The molecule has 2 unspecified atom stereocenters. The second kappa shape index (κ2) is 6.00. The van der Waals surface area contributed by atoms with E-state index in [2.05, 4.69) is 5.32 Å². The van der Waals surface area contributed by atoms with E-state index in [1.807, 2.05) is 0 Å². The third-order valence-electron chi connectivity index (χ3n) is 3.16. The number of anilines is 1. The summed E-state index contributed by atoms with van der Waals surface area (Å²) in [6.45, 7) is 0.635. The molecule has 1 aliphatic heterocycles. The van der Waals surface area contributed by atoms with Crippen molar-refractivity contribution < 1.29 is 19.8 Å². The largest absolute Gasteiger partial charge is 0.389 e. The molecule has 1 fully saturated rings. The van der Waals surface area contributed by atoms with Crippen LogP contribution in [0, 0.1) is 0 Å². The highest BCUT2D eigenvalue weighted by molar-refractivity contribution is 5.95. The van der Waals surface area contributed by atoms with Crippen molar-refractivity contribution in [3.8, 4) is 0 Å². The van der Waals surface area contributed by atoms with Gasteiger partial charge < -0.3 is 21.3 Å². The lowest BCUT2D eigenvalue weighted by molar-refractivity contribution is -0.117. The normalized spacial score (nSPS) is 22.7. The van der Waals surface area contributed by atoms with Crippen molar-refractivity contribution in [2.75, 3.05) is 25.0 Å². The number of amides is 2. The van der Waals surface area contributed by atoms with Crippen LogP contribution >= 0.6 is 0 Å². The molecule has 2 amide bonds. The number of nitrogens with two attached hydrogens (primary N) is 1. The molecule has 7 nitrogen and oxygen atoms in total. The maximum atomic E-state index is 11.8. The highest BCUT2D eigenvalue weighted by Crippen LogP contribution is 2.11. The zero-order valence-electron chi connectivity index (χ0n) is 10.8. The summed E-state index contributed by atoms with van der Waals surface area (Å²) < 4.78 is 0. The smallest absolute Gasteiger partial charge is 0.248 e. The third kappa shape index (κ3) is 3.53. The summed E-state index contributed by atoms with van der Waals surface area (Å²) >= 11 is 0. The lowest BCUT2D eigenvalue weighted by Gasteiger charge is -2.14. The van der Waals surface area contributed by atoms with Crippen LogP contribution in [-0.2, 0) is 4.79 Å². The quantitative estimate of drug-likeness (QED) is 0.550. The number of aliphatic hydroxyl groups excluding tert-OH is 2. The standard InChI is InChI=1S/C13H17N3O4/c14-13(20)8-1-3-9(4-2-8)15-12(19)7-16-5-10(17)11(18)6-16/h1-4,10-11,17-18H,5-7H2,(H2,14,20)(H,15,19). The number of β-amino-alcohol motifs (C(OH)–C–C–N with tert-alkyl or cyclic N) is 2. The third-order valence-corrected chi connectivity index (χ3v) is 3.16. The molecule has 2 atom stereocenters. The summed E-state index contributed by atoms with van der Waals surface area (Å²) in [5, 5.41) is 21.4. The van der Waals surface area contributed by atoms with Crippen molar-refractivity contribution in [3.05, 3.63) is 29.8 Å². The number of nitrogens with one attached hydrogen (secondary N) is 1. The minimum Gasteiger partial charge on any atom is -0.389 e. The van der Waals surface area contributed by atoms with Crippen LogP contribution in [0.4, 0.5) is 5.69 Å². The van der Waals surface area contributed by atoms with Crippen molar-refractivity contribution in [2.24, 2.45) is 5.73 Å². The Morgan fingerprint density at radius 2 is 1.75 bits per heavy atom. The minimum atomic E-state index is -0.808. The molecule has 1 saturated heterocycles. The van der Waals surface area contributed by atoms with Gasteiger partial charge in [-0.05, 0) is 24.3 Å². The minimum absolute atomic E-state index is 0.0890. The van der Waals surface area contributed by atoms with Gasteiger partial charge in [0.15, 0.2) is 0 Å². The van der Waals surface area contributed by atoms with Crippen LogP contribution in [-0.4, -0.2) is 58.8 Å². The van der Waals surface area contributed by atoms with E-state index in [4.69, 9.17) is 5.73 Å². The topological polar surface area (TPSA) is 116 Å². The molecule has 0 aliphatic carbocycles. The number of hydrogen-bond donors (Lipinski definition) is 4. The van der Waals surface area contributed by atoms with Crippen molar-refractivity contribution >= 4 is 17.5 Å². The number of nitrogens with zero attached hydrogens (tertiary/aromatic N) is 1. The number of likely N-dealkylation sites (tertiary alicyclic amines) is 1. The molecule has 1 aromatic rings. The summed E-state index contributed by atoms with van der Waals surface area (Å²) in [7, 11) is 0. The van der Waals surface area contributed by atoms with E-state index >= 15 is 0 Å². The van der Waals surface area contributed by atoms with E-state index in [1.165, 1.54) is 12.1 Å². The Hall–Kier alpha value is -1.96. The number of hydrogen-bond acceptors (Lipinski definition) is 5. The first-order chi connectivity index (χ1) is 9.45. The molecule has 2 rings (SSSR count). The maximum absolute atomic E-state index is 11.8. The lowest BCUT2D eigenvalue weighted by Crippen LogP contribution is -2.32. The number of carbonyl (C=O) groups excluding carboxylic acids is 2. The van der Waals surface area contributed by atoms with Crippen LogP contribution < -0.4 is 11.1 Å². The van der Waals surface area contributed by atoms with Gasteiger partial charge in [0.25, 0.3) is 0 Å². The molecule has 1 heterocycles. The lowest BCUT2D eigenvalue weighted by atomic mass is 10.2. The predicted molar refractivity (Wildman–Crippen MR) is 72.0 cm³/mol. The number of benzene rings is 1. The number of aliphatic hydroxyl groups is 2. The van der Waals surface area contributed by atoms with Crippen LogP contribution in [0.5, 0.6) is 0 Å². The monoisotopic (exact) mass is 279 g/mol. The summed E-state index contributed by atoms with van der Waals surface area (Å²) in [6.07, 6.45) is -1.62. The van der Waals surface area contributed by atoms with Crippen LogP contribution in [0.3, 0.4) is 0 Å². The van der Waals surface area contributed by atoms with E-state index in [0.717, 1.165) is 0 Å². The first kappa shape index (κ1) is 14.4. The molecule has 0 spiro atoms. The number of primary amides is 1. The van der Waals surface area contributed by atoms with E-state index in [0.29, 0.717) is 11.3 Å². The van der Waals surface area contributed by atoms with Crippen molar-refractivity contribution in [1.82, 2.24) is 4.90 Å². The van der Waals surface area contributed by atoms with Crippen LogP contribution in [0.15, 0.2) is 24.3 Å². The fourth-order valence-electron chi connectivity index (χ4n) is 2.10. The average Bonchev–Trinajstić information content (AvgIpc) is 2.68. The van der Waals surface area contributed by atoms with Crippen molar-refractivity contribution in [3.63, 3.8) is 0 Å². The molecule has 0 aromatic heterocycles. The van der Waals surface area contributed by atoms with Crippen LogP contribution in [0.2, 0.25) is 0 Å². The van der Waals surface area contributed by atoms with Gasteiger partial charge in [-0.1, -0.05) is 0 Å². The highest BCUT2D eigenvalue weighted by atomic mass is 16.3. The SMILES string of the molecule is NC(=O)c1ccc(NC(=O)CN2CC(O)C(O)C2)cc1. The Morgan fingerprint density at radius 1 is 1.20 bits per heavy atom. The fraction of sp³-hybridized carbons (Fsp3) is 0.385. The first-order valence-electron chi connectivity index (χ1n) is 6.24. The van der Waals surface area contributed by atoms with E-state index in [-0.39, 0.29) is 25.5 Å². The van der Waals surface area contributed by atoms with Gasteiger partial charge in [-0.25, -0.2) is 0 Å². The van der Waals surface area contributed by atoms with Gasteiger partial charge >= 0.3 is 0 Å². The van der Waals surface area contributed by atoms with Gasteiger partial charge in [0.05, 0.1) is 18.8 Å². The average molecular weight is 279 g/mol. The highest BCUT2D eigenvalue weighted by Gasteiger charge is 2.30. The van der Waals surface area contributed by atoms with Gasteiger partial charge in [0, 0.05) is 24.3 Å². The second-order valence-electron chi connectivity index (χ2n) is 4.82. The Morgan fingerprint density at radius 3 is 2.25 bits per heavy atom. The number of carbonyl (C=O) groups is 2. The summed E-state index contributed by atoms with van der Waals surface area (Å²) in [5.74, 6) is -0.777. The van der Waals surface area contributed by atoms with E-state index < -0.39 is 18.1 Å². The molecule has 108 valence electrons. The zero-order valence-corrected chi connectivity index (χ0v) is 10.8. The maximum Gasteiger partial charge on any atom is 0.248 e. The molecule has 0 bridgehead atoms. The Kier molecular flexibility index (Phi) is 4.33. The van der Waals surface area contributed by atoms with E-state index in [9.17, 15) is 19.8 Å². The van der Waals surface area contributed by atoms with Crippen molar-refractivity contribution in [2.45, 2.75) is 12.2 Å². The fourth-order valence-corrected chi connectivity index (χ4v) is 2.10. The van der Waals surface area contributed by atoms with Gasteiger partial charge in [-0.15, -0.1) is 0 Å². The van der Waals surface area contributed by atoms with Gasteiger partial charge in [0.2, 0.25) is 11.8 Å². The van der Waals surface area contributed by atoms with Gasteiger partial charge in [-0.2, -0.15) is 0 Å². The number of rotatable bonds is 4. The molecule has 0 radical (unpaired) electrons. The Balaban J connectivity index is 1.87. The van der Waals surface area contributed by atoms with Crippen LogP contribution in [0.25, 0.3) is 0 Å². The van der Waals surface area contributed by atoms with E-state index in [1.54, 1.807) is 17.0 Å². The molecule has 0 saturated carbocycles. The summed E-state index contributed by atoms with van der Waals surface area (Å²) in [4.78, 5) is 24.4. The molecule has 7 heteroatoms.